The second-order valence-electron chi connectivity index (χ2n) is 7.61. The van der Waals surface area contributed by atoms with Crippen molar-refractivity contribution in [3.05, 3.63) is 112 Å². The number of rotatable bonds is 2. The first-order valence-electron chi connectivity index (χ1n) is 11.0. The highest BCUT2D eigenvalue weighted by molar-refractivity contribution is 6.31. The van der Waals surface area contributed by atoms with Crippen molar-refractivity contribution in [2.24, 2.45) is 0 Å². The molecule has 0 unspecified atom stereocenters. The van der Waals surface area contributed by atoms with E-state index in [-0.39, 0.29) is 0 Å². The fraction of sp³-hybridized carbons (Fsp3) is 0. The lowest BCUT2D eigenvalue weighted by Crippen LogP contribution is -2.01. The van der Waals surface area contributed by atoms with Crippen LogP contribution in [0.15, 0.2) is 85.2 Å². The molecule has 0 radical (unpaired) electrons. The second-order valence-corrected chi connectivity index (χ2v) is 8.87. The van der Waals surface area contributed by atoms with E-state index in [0.29, 0.717) is 49.4 Å². The van der Waals surface area contributed by atoms with Gasteiger partial charge in [0, 0.05) is 45.7 Å². The van der Waals surface area contributed by atoms with Crippen LogP contribution in [-0.4, -0.2) is 29.2 Å². The number of anilines is 3. The standard InChI is InChI=1S/C13H8ClN5.C7H3ClN4.C6H6ClN/c14-9-2-1-3-10(6-9)17-12-7-11(8-15)19-13(18-12)4-5-16-19;8-6-3-5(4-9)12-7(11-6)1-2-10-12;7-5-2-1-3-6(8)4-5/h1-7H,(H,17,18);1-3H;1-4H,8H2. The Labute approximate surface area is 237 Å². The summed E-state index contributed by atoms with van der Waals surface area (Å²) >= 11 is 17.1. The number of nitrogen functional groups attached to an aromatic ring is 1. The molecule has 0 fully saturated rings. The number of nitrogens with zero attached hydrogens (tertiary/aromatic N) is 8. The van der Waals surface area contributed by atoms with Gasteiger partial charge in [0.1, 0.15) is 34.5 Å². The SMILES string of the molecule is N#Cc1cc(Cl)nc2ccnn12.N#Cc1cc(Nc2cccc(Cl)c2)nc2ccnn12.Nc1cccc(Cl)c1. The number of nitrogens with one attached hydrogen (secondary N) is 1. The highest BCUT2D eigenvalue weighted by atomic mass is 35.5. The van der Waals surface area contributed by atoms with Crippen LogP contribution in [0.25, 0.3) is 11.3 Å². The van der Waals surface area contributed by atoms with Crippen LogP contribution in [0, 0.1) is 22.7 Å². The van der Waals surface area contributed by atoms with Gasteiger partial charge < -0.3 is 11.1 Å². The summed E-state index contributed by atoms with van der Waals surface area (Å²) in [6.07, 6.45) is 3.17. The zero-order valence-electron chi connectivity index (χ0n) is 19.9. The van der Waals surface area contributed by atoms with Gasteiger partial charge in [-0.25, -0.2) is 19.0 Å². The molecule has 39 heavy (non-hydrogen) atoms. The average Bonchev–Trinajstić information content (AvgIpc) is 3.58. The number of hydrogen-bond donors (Lipinski definition) is 2. The first-order chi connectivity index (χ1) is 18.9. The van der Waals surface area contributed by atoms with E-state index in [0.717, 1.165) is 5.69 Å². The summed E-state index contributed by atoms with van der Waals surface area (Å²) in [5.74, 6) is 0.576. The first-order valence-corrected chi connectivity index (χ1v) is 12.2. The molecular weight excluding hydrogens is 559 g/mol. The van der Waals surface area contributed by atoms with Gasteiger partial charge in [0.05, 0.1) is 12.4 Å². The molecule has 6 rings (SSSR count). The lowest BCUT2D eigenvalue weighted by Gasteiger charge is -2.07. The molecule has 4 heterocycles. The number of benzene rings is 2. The molecule has 0 amide bonds. The maximum Gasteiger partial charge on any atom is 0.158 e. The molecule has 0 saturated carbocycles. The summed E-state index contributed by atoms with van der Waals surface area (Å²) < 4.78 is 2.93. The third-order valence-corrected chi connectivity index (χ3v) is 5.53. The predicted molar refractivity (Wildman–Crippen MR) is 151 cm³/mol. The number of hydrogen-bond acceptors (Lipinski definition) is 8. The molecule has 6 aromatic rings. The third-order valence-electron chi connectivity index (χ3n) is 4.86. The Bertz CT molecular complexity index is 1810. The number of nitriles is 2. The van der Waals surface area contributed by atoms with Crippen LogP contribution in [0.5, 0.6) is 0 Å². The Kier molecular flexibility index (Phi) is 8.77. The topological polar surface area (TPSA) is 146 Å². The van der Waals surface area contributed by atoms with E-state index in [1.807, 2.05) is 24.3 Å². The van der Waals surface area contributed by atoms with Gasteiger partial charge in [-0.05, 0) is 36.4 Å². The minimum absolute atomic E-state index is 0.305. The van der Waals surface area contributed by atoms with Crippen molar-refractivity contribution in [2.75, 3.05) is 11.1 Å². The second kappa shape index (κ2) is 12.6. The summed E-state index contributed by atoms with van der Waals surface area (Å²) in [5, 5.41) is 30.5. The van der Waals surface area contributed by atoms with Gasteiger partial charge in [0.15, 0.2) is 11.3 Å². The van der Waals surface area contributed by atoms with Gasteiger partial charge >= 0.3 is 0 Å². The third kappa shape index (κ3) is 7.12. The van der Waals surface area contributed by atoms with Crippen molar-refractivity contribution in [3.8, 4) is 12.1 Å². The van der Waals surface area contributed by atoms with Crippen LogP contribution < -0.4 is 11.1 Å². The van der Waals surface area contributed by atoms with Crippen LogP contribution in [0.3, 0.4) is 0 Å². The Morgan fingerprint density at radius 3 is 1.87 bits per heavy atom. The summed E-state index contributed by atoms with van der Waals surface area (Å²) in [6.45, 7) is 0. The van der Waals surface area contributed by atoms with E-state index >= 15 is 0 Å². The minimum atomic E-state index is 0.305. The predicted octanol–water partition coefficient (Wildman–Crippen LogP) is 6.17. The highest BCUT2D eigenvalue weighted by Crippen LogP contribution is 2.20. The Morgan fingerprint density at radius 1 is 0.718 bits per heavy atom. The van der Waals surface area contributed by atoms with Crippen LogP contribution >= 0.6 is 34.8 Å². The molecule has 4 aromatic heterocycles. The maximum atomic E-state index is 9.10. The first kappa shape index (κ1) is 27.2. The number of aromatic nitrogens is 6. The fourth-order valence-electron chi connectivity index (χ4n) is 3.24. The molecule has 0 bridgehead atoms. The quantitative estimate of drug-likeness (QED) is 0.184. The highest BCUT2D eigenvalue weighted by Gasteiger charge is 2.06. The molecule has 0 atom stereocenters. The normalized spacial score (nSPS) is 9.97. The molecule has 10 nitrogen and oxygen atoms in total. The zero-order valence-corrected chi connectivity index (χ0v) is 22.1. The molecule has 0 aliphatic rings. The maximum absolute atomic E-state index is 9.10. The van der Waals surface area contributed by atoms with E-state index in [9.17, 15) is 0 Å². The molecule has 0 aliphatic heterocycles. The van der Waals surface area contributed by atoms with Crippen molar-refractivity contribution in [1.82, 2.24) is 29.2 Å². The van der Waals surface area contributed by atoms with E-state index < -0.39 is 0 Å². The van der Waals surface area contributed by atoms with Gasteiger partial charge in [-0.2, -0.15) is 20.7 Å². The number of halogens is 3. The largest absolute Gasteiger partial charge is 0.399 e. The fourth-order valence-corrected chi connectivity index (χ4v) is 3.82. The lowest BCUT2D eigenvalue weighted by molar-refractivity contribution is 0.920. The Hall–Kier alpha value is -4.87. The molecule has 192 valence electrons. The van der Waals surface area contributed by atoms with Gasteiger partial charge in [-0.15, -0.1) is 0 Å². The number of fused-ring (bicyclic) bond motifs is 2. The average molecular weight is 576 g/mol. The van der Waals surface area contributed by atoms with Crippen molar-refractivity contribution in [2.45, 2.75) is 0 Å². The van der Waals surface area contributed by atoms with Crippen LogP contribution in [0.2, 0.25) is 15.2 Å². The van der Waals surface area contributed by atoms with E-state index in [4.69, 9.17) is 51.1 Å². The van der Waals surface area contributed by atoms with Crippen molar-refractivity contribution < 1.29 is 0 Å². The summed E-state index contributed by atoms with van der Waals surface area (Å²) in [5.41, 5.74) is 8.89. The summed E-state index contributed by atoms with van der Waals surface area (Å²) in [7, 11) is 0. The van der Waals surface area contributed by atoms with Gasteiger partial charge in [-0.1, -0.05) is 46.9 Å². The van der Waals surface area contributed by atoms with Gasteiger partial charge in [0.2, 0.25) is 0 Å². The van der Waals surface area contributed by atoms with Crippen LogP contribution in [-0.2, 0) is 0 Å². The molecule has 2 aromatic carbocycles. The van der Waals surface area contributed by atoms with Crippen molar-refractivity contribution in [1.29, 1.82) is 10.5 Å². The zero-order chi connectivity index (χ0) is 27.8. The van der Waals surface area contributed by atoms with E-state index in [1.54, 1.807) is 60.9 Å². The molecule has 3 N–H and O–H groups in total. The summed E-state index contributed by atoms with van der Waals surface area (Å²) in [4.78, 5) is 8.32. The molecule has 0 spiro atoms. The van der Waals surface area contributed by atoms with Crippen molar-refractivity contribution in [3.63, 3.8) is 0 Å². The van der Waals surface area contributed by atoms with Crippen LogP contribution in [0.4, 0.5) is 17.2 Å². The smallest absolute Gasteiger partial charge is 0.158 e. The van der Waals surface area contributed by atoms with Gasteiger partial charge in [-0.3, -0.25) is 0 Å². The molecular formula is C26H17Cl3N10. The molecule has 13 heteroatoms. The molecule has 0 saturated heterocycles. The number of nitrogens with two attached hydrogens (primary N) is 1. The van der Waals surface area contributed by atoms with Crippen LogP contribution in [0.1, 0.15) is 11.4 Å². The Morgan fingerprint density at radius 2 is 1.31 bits per heavy atom. The summed E-state index contributed by atoms with van der Waals surface area (Å²) in [6, 6.07) is 25.0. The van der Waals surface area contributed by atoms with Gasteiger partial charge in [0.25, 0.3) is 0 Å². The molecule has 0 aliphatic carbocycles. The monoisotopic (exact) mass is 574 g/mol. The van der Waals surface area contributed by atoms with Crippen molar-refractivity contribution >= 4 is 63.3 Å². The lowest BCUT2D eigenvalue weighted by atomic mass is 10.3. The van der Waals surface area contributed by atoms with E-state index in [1.165, 1.54) is 15.1 Å². The minimum Gasteiger partial charge on any atom is -0.399 e. The van der Waals surface area contributed by atoms with E-state index in [2.05, 4.69) is 31.6 Å². The Balaban J connectivity index is 0.000000150.